The number of benzene rings is 1. The van der Waals surface area contributed by atoms with Gasteiger partial charge in [0.1, 0.15) is 0 Å². The lowest BCUT2D eigenvalue weighted by Gasteiger charge is -2.16. The summed E-state index contributed by atoms with van der Waals surface area (Å²) in [4.78, 5) is 14.5. The number of hydrogen-bond donors (Lipinski definition) is 1. The molecule has 0 radical (unpaired) electrons. The van der Waals surface area contributed by atoms with Gasteiger partial charge in [0.2, 0.25) is 5.91 Å². The van der Waals surface area contributed by atoms with Crippen LogP contribution in [0.3, 0.4) is 0 Å². The number of nitrogens with zero attached hydrogens (tertiary/aromatic N) is 2. The van der Waals surface area contributed by atoms with Crippen molar-refractivity contribution in [1.82, 2.24) is 15.1 Å². The topological polar surface area (TPSA) is 49.0 Å². The van der Waals surface area contributed by atoms with Gasteiger partial charge in [0.25, 0.3) is 0 Å². The zero-order valence-corrected chi connectivity index (χ0v) is 13.0. The molecule has 4 nitrogen and oxygen atoms in total. The van der Waals surface area contributed by atoms with Gasteiger partial charge in [0, 0.05) is 36.5 Å². The molecule has 22 heavy (non-hydrogen) atoms. The Hall–Kier alpha value is -2.36. The monoisotopic (exact) mass is 295 g/mol. The Morgan fingerprint density at radius 3 is 2.77 bits per heavy atom. The molecule has 1 aromatic heterocycles. The third kappa shape index (κ3) is 3.11. The van der Waals surface area contributed by atoms with Gasteiger partial charge < -0.3 is 4.90 Å². The third-order valence-electron chi connectivity index (χ3n) is 4.24. The maximum absolute atomic E-state index is 12.6. The molecule has 1 amide bonds. The van der Waals surface area contributed by atoms with Gasteiger partial charge in [-0.2, -0.15) is 5.10 Å². The van der Waals surface area contributed by atoms with E-state index in [1.807, 2.05) is 36.1 Å². The Kier molecular flexibility index (Phi) is 4.09. The lowest BCUT2D eigenvalue weighted by molar-refractivity contribution is -0.126. The van der Waals surface area contributed by atoms with Crippen LogP contribution in [0, 0.1) is 6.92 Å². The zero-order chi connectivity index (χ0) is 15.5. The fourth-order valence-electron chi connectivity index (χ4n) is 2.92. The van der Waals surface area contributed by atoms with Crippen LogP contribution in [0.4, 0.5) is 0 Å². The van der Waals surface area contributed by atoms with E-state index in [9.17, 15) is 4.79 Å². The molecular weight excluding hydrogens is 274 g/mol. The number of carbonyl (C=O) groups is 1. The molecule has 2 aromatic rings. The second kappa shape index (κ2) is 6.18. The predicted molar refractivity (Wildman–Crippen MR) is 87.4 cm³/mol. The number of carbonyl (C=O) groups excluding carboxylic acids is 1. The lowest BCUT2D eigenvalue weighted by Crippen LogP contribution is -2.29. The van der Waals surface area contributed by atoms with Crippen LogP contribution < -0.4 is 0 Å². The van der Waals surface area contributed by atoms with E-state index >= 15 is 0 Å². The molecule has 1 fully saturated rings. The summed E-state index contributed by atoms with van der Waals surface area (Å²) in [6, 6.07) is 10.2. The van der Waals surface area contributed by atoms with Crippen molar-refractivity contribution in [3.05, 3.63) is 58.9 Å². The lowest BCUT2D eigenvalue weighted by atomic mass is 10.1. The number of nitrogens with one attached hydrogen (secondary N) is 1. The van der Waals surface area contributed by atoms with Gasteiger partial charge in [-0.3, -0.25) is 9.89 Å². The van der Waals surface area contributed by atoms with E-state index in [-0.39, 0.29) is 5.91 Å². The van der Waals surface area contributed by atoms with Crippen LogP contribution in [0.2, 0.25) is 0 Å². The summed E-state index contributed by atoms with van der Waals surface area (Å²) >= 11 is 0. The summed E-state index contributed by atoms with van der Waals surface area (Å²) < 4.78 is 0. The molecule has 114 valence electrons. The molecule has 0 saturated carbocycles. The second-order valence-electron chi connectivity index (χ2n) is 5.99. The summed E-state index contributed by atoms with van der Waals surface area (Å²) in [7, 11) is 0. The average Bonchev–Trinajstić information content (AvgIpc) is 3.19. The van der Waals surface area contributed by atoms with Crippen molar-refractivity contribution in [3.63, 3.8) is 0 Å². The van der Waals surface area contributed by atoms with E-state index in [0.29, 0.717) is 5.92 Å². The first-order valence-electron chi connectivity index (χ1n) is 7.67. The summed E-state index contributed by atoms with van der Waals surface area (Å²) in [5.41, 5.74) is 4.20. The van der Waals surface area contributed by atoms with E-state index in [2.05, 4.69) is 29.3 Å². The minimum atomic E-state index is 0.127. The van der Waals surface area contributed by atoms with Crippen molar-refractivity contribution in [2.45, 2.75) is 26.2 Å². The highest BCUT2D eigenvalue weighted by Crippen LogP contribution is 2.26. The summed E-state index contributed by atoms with van der Waals surface area (Å²) in [6.45, 7) is 5.53. The molecule has 0 aliphatic carbocycles. The van der Waals surface area contributed by atoms with Gasteiger partial charge in [0.05, 0.1) is 0 Å². The van der Waals surface area contributed by atoms with Crippen molar-refractivity contribution < 1.29 is 4.79 Å². The molecule has 0 spiro atoms. The minimum absolute atomic E-state index is 0.127. The van der Waals surface area contributed by atoms with Crippen LogP contribution in [0.5, 0.6) is 0 Å². The molecule has 1 saturated heterocycles. The van der Waals surface area contributed by atoms with Gasteiger partial charge in [-0.1, -0.05) is 29.8 Å². The molecule has 2 heterocycles. The van der Waals surface area contributed by atoms with Crippen molar-refractivity contribution in [2.75, 3.05) is 13.1 Å². The quantitative estimate of drug-likeness (QED) is 0.884. The molecule has 1 N–H and O–H groups in total. The maximum atomic E-state index is 12.6. The first-order chi connectivity index (χ1) is 10.6. The number of aromatic amines is 1. The Morgan fingerprint density at radius 2 is 2.09 bits per heavy atom. The molecule has 1 unspecified atom stereocenters. The number of likely N-dealkylation sites (tertiary alicyclic amines) is 1. The Labute approximate surface area is 130 Å². The Bertz CT molecular complexity index is 671. The van der Waals surface area contributed by atoms with Crippen LogP contribution in [0.1, 0.15) is 36.1 Å². The van der Waals surface area contributed by atoms with E-state index < -0.39 is 0 Å². The molecule has 1 aromatic carbocycles. The third-order valence-corrected chi connectivity index (χ3v) is 4.24. The number of aryl methyl sites for hydroxylation is 1. The average molecular weight is 295 g/mol. The molecular formula is C18H21N3O. The van der Waals surface area contributed by atoms with Gasteiger partial charge in [-0.15, -0.1) is 0 Å². The summed E-state index contributed by atoms with van der Waals surface area (Å²) in [5, 5.41) is 7.01. The molecule has 1 aliphatic rings. The fraction of sp³-hybridized carbons (Fsp3) is 0.333. The highest BCUT2D eigenvalue weighted by atomic mass is 16.2. The van der Waals surface area contributed by atoms with Crippen LogP contribution in [-0.4, -0.2) is 34.1 Å². The standard InChI is InChI=1S/C18H21N3O/c1-13-3-5-15(6-4-13)11-14(2)18(22)21-10-8-16(12-21)17-7-9-19-20-17/h3-7,9,11,16H,8,10,12H2,1-2H3,(H,19,20)/b14-11+. The van der Waals surface area contributed by atoms with Crippen LogP contribution in [0.25, 0.3) is 6.08 Å². The number of aromatic nitrogens is 2. The fourth-order valence-corrected chi connectivity index (χ4v) is 2.92. The van der Waals surface area contributed by atoms with Crippen LogP contribution in [0.15, 0.2) is 42.1 Å². The van der Waals surface area contributed by atoms with Crippen molar-refractivity contribution in [3.8, 4) is 0 Å². The number of amides is 1. The van der Waals surface area contributed by atoms with Gasteiger partial charge in [-0.05, 0) is 38.0 Å². The largest absolute Gasteiger partial charge is 0.338 e. The Balaban J connectivity index is 1.67. The highest BCUT2D eigenvalue weighted by molar-refractivity contribution is 5.97. The SMILES string of the molecule is C/C(=C\c1ccc(C)cc1)C(=O)N1CCC(c2ccn[nH]2)C1. The molecule has 0 bridgehead atoms. The van der Waals surface area contributed by atoms with Gasteiger partial charge >= 0.3 is 0 Å². The van der Waals surface area contributed by atoms with E-state index in [0.717, 1.165) is 36.3 Å². The van der Waals surface area contributed by atoms with Gasteiger partial charge in [-0.25, -0.2) is 0 Å². The smallest absolute Gasteiger partial charge is 0.249 e. The number of hydrogen-bond acceptors (Lipinski definition) is 2. The normalized spacial score (nSPS) is 18.7. The minimum Gasteiger partial charge on any atom is -0.338 e. The summed E-state index contributed by atoms with van der Waals surface area (Å²) in [6.07, 6.45) is 4.72. The number of H-pyrrole nitrogens is 1. The molecule has 1 atom stereocenters. The second-order valence-corrected chi connectivity index (χ2v) is 5.99. The van der Waals surface area contributed by atoms with Crippen molar-refractivity contribution in [2.24, 2.45) is 0 Å². The van der Waals surface area contributed by atoms with E-state index in [1.165, 1.54) is 5.56 Å². The molecule has 3 rings (SSSR count). The molecule has 4 heteroatoms. The number of rotatable bonds is 3. The summed E-state index contributed by atoms with van der Waals surface area (Å²) in [5.74, 6) is 0.501. The molecule has 1 aliphatic heterocycles. The van der Waals surface area contributed by atoms with Gasteiger partial charge in [0.15, 0.2) is 0 Å². The highest BCUT2D eigenvalue weighted by Gasteiger charge is 2.28. The maximum Gasteiger partial charge on any atom is 0.249 e. The van der Waals surface area contributed by atoms with Crippen molar-refractivity contribution in [1.29, 1.82) is 0 Å². The first-order valence-corrected chi connectivity index (χ1v) is 7.67. The Morgan fingerprint density at radius 1 is 1.32 bits per heavy atom. The predicted octanol–water partition coefficient (Wildman–Crippen LogP) is 3.14. The van der Waals surface area contributed by atoms with E-state index in [1.54, 1.807) is 6.20 Å². The zero-order valence-electron chi connectivity index (χ0n) is 13.0. The van der Waals surface area contributed by atoms with Crippen LogP contribution in [-0.2, 0) is 4.79 Å². The van der Waals surface area contributed by atoms with E-state index in [4.69, 9.17) is 0 Å². The van der Waals surface area contributed by atoms with Crippen LogP contribution >= 0.6 is 0 Å². The first kappa shape index (κ1) is 14.6. The van der Waals surface area contributed by atoms with Crippen molar-refractivity contribution >= 4 is 12.0 Å².